The zero-order valence-electron chi connectivity index (χ0n) is 9.16. The highest BCUT2D eigenvalue weighted by molar-refractivity contribution is 5.96. The summed E-state index contributed by atoms with van der Waals surface area (Å²) in [5.74, 6) is 0. The van der Waals surface area contributed by atoms with Gasteiger partial charge in [0.05, 0.1) is 5.52 Å². The van der Waals surface area contributed by atoms with Gasteiger partial charge in [0.1, 0.15) is 0 Å². The van der Waals surface area contributed by atoms with Gasteiger partial charge in [-0.15, -0.1) is 0 Å². The molecule has 3 heteroatoms. The normalized spacial score (nSPS) is 10.9. The Morgan fingerprint density at radius 3 is 2.53 bits per heavy atom. The number of fused-ring (bicyclic) bond motifs is 1. The second kappa shape index (κ2) is 3.12. The van der Waals surface area contributed by atoms with Crippen LogP contribution < -0.4 is 5.73 Å². The van der Waals surface area contributed by atoms with Gasteiger partial charge in [0.15, 0.2) is 0 Å². The summed E-state index contributed by atoms with van der Waals surface area (Å²) in [6.07, 6.45) is 0. The van der Waals surface area contributed by atoms with Crippen LogP contribution in [0.25, 0.3) is 10.9 Å². The van der Waals surface area contributed by atoms with Crippen LogP contribution in [0.1, 0.15) is 16.8 Å². The molecule has 0 radical (unpaired) electrons. The van der Waals surface area contributed by atoms with Gasteiger partial charge in [-0.2, -0.15) is 0 Å². The quantitative estimate of drug-likeness (QED) is 0.701. The average molecular weight is 202 g/mol. The molecule has 1 aromatic carbocycles. The van der Waals surface area contributed by atoms with E-state index in [0.717, 1.165) is 22.2 Å². The summed E-state index contributed by atoms with van der Waals surface area (Å²) in [6, 6.07) is 5.49. The van der Waals surface area contributed by atoms with E-state index in [1.807, 2.05) is 39.0 Å². The molecule has 0 saturated heterocycles. The van der Waals surface area contributed by atoms with Crippen molar-refractivity contribution >= 4 is 16.9 Å². The van der Waals surface area contributed by atoms with Crippen molar-refractivity contribution in [3.05, 3.63) is 35.0 Å². The molecule has 0 spiro atoms. The standard InChI is InChI=1S/C12H14N2O/c1-7-5-4-6-10-11(7)8(2)9(3)14(10)12(13)15/h4-6H,1-3H3,(H2,13,15). The molecule has 15 heavy (non-hydrogen) atoms. The van der Waals surface area contributed by atoms with Crippen molar-refractivity contribution in [2.75, 3.05) is 0 Å². The third-order valence-electron chi connectivity index (χ3n) is 2.97. The highest BCUT2D eigenvalue weighted by atomic mass is 16.2. The smallest absolute Gasteiger partial charge is 0.323 e. The molecule has 0 atom stereocenters. The number of carbonyl (C=O) groups is 1. The molecular formula is C12H14N2O. The topological polar surface area (TPSA) is 48.0 Å². The van der Waals surface area contributed by atoms with Crippen molar-refractivity contribution in [3.63, 3.8) is 0 Å². The van der Waals surface area contributed by atoms with Crippen LogP contribution >= 0.6 is 0 Å². The van der Waals surface area contributed by atoms with E-state index < -0.39 is 6.03 Å². The molecule has 2 N–H and O–H groups in total. The van der Waals surface area contributed by atoms with E-state index in [1.165, 1.54) is 5.56 Å². The molecule has 0 fully saturated rings. The van der Waals surface area contributed by atoms with Crippen molar-refractivity contribution in [1.29, 1.82) is 0 Å². The highest BCUT2D eigenvalue weighted by Crippen LogP contribution is 2.27. The van der Waals surface area contributed by atoms with Crippen LogP contribution in [0, 0.1) is 20.8 Å². The Hall–Kier alpha value is -1.77. The number of aryl methyl sites for hydroxylation is 2. The van der Waals surface area contributed by atoms with E-state index >= 15 is 0 Å². The van der Waals surface area contributed by atoms with Crippen molar-refractivity contribution in [1.82, 2.24) is 4.57 Å². The minimum absolute atomic E-state index is 0.420. The first-order valence-corrected chi connectivity index (χ1v) is 4.91. The Morgan fingerprint density at radius 2 is 1.93 bits per heavy atom. The fraction of sp³-hybridized carbons (Fsp3) is 0.250. The van der Waals surface area contributed by atoms with Gasteiger partial charge < -0.3 is 5.73 Å². The molecule has 2 rings (SSSR count). The molecule has 0 aliphatic heterocycles. The monoisotopic (exact) mass is 202 g/mol. The van der Waals surface area contributed by atoms with Gasteiger partial charge in [-0.05, 0) is 38.0 Å². The van der Waals surface area contributed by atoms with Gasteiger partial charge in [0, 0.05) is 11.1 Å². The molecule has 0 bridgehead atoms. The van der Waals surface area contributed by atoms with E-state index in [2.05, 4.69) is 0 Å². The molecule has 1 amide bonds. The minimum Gasteiger partial charge on any atom is -0.351 e. The van der Waals surface area contributed by atoms with Gasteiger partial charge in [-0.3, -0.25) is 4.57 Å². The number of nitrogens with two attached hydrogens (primary N) is 1. The Labute approximate surface area is 88.5 Å². The molecule has 0 unspecified atom stereocenters. The summed E-state index contributed by atoms with van der Waals surface area (Å²) in [6.45, 7) is 5.98. The van der Waals surface area contributed by atoms with Crippen molar-refractivity contribution in [2.45, 2.75) is 20.8 Å². The number of aromatic nitrogens is 1. The van der Waals surface area contributed by atoms with Crippen LogP contribution in [0.4, 0.5) is 4.79 Å². The second-order valence-electron chi connectivity index (χ2n) is 3.85. The molecule has 78 valence electrons. The summed E-state index contributed by atoms with van der Waals surface area (Å²) in [7, 11) is 0. The number of carbonyl (C=O) groups excluding carboxylic acids is 1. The summed E-state index contributed by atoms with van der Waals surface area (Å²) in [5, 5.41) is 1.13. The second-order valence-corrected chi connectivity index (χ2v) is 3.85. The summed E-state index contributed by atoms with van der Waals surface area (Å²) < 4.78 is 1.57. The predicted molar refractivity (Wildman–Crippen MR) is 61.1 cm³/mol. The maximum absolute atomic E-state index is 11.3. The SMILES string of the molecule is Cc1cccc2c1c(C)c(C)n2C(N)=O. The molecule has 0 aliphatic rings. The Balaban J connectivity index is 3.00. The van der Waals surface area contributed by atoms with Crippen molar-refractivity contribution in [3.8, 4) is 0 Å². The fourth-order valence-electron chi connectivity index (χ4n) is 2.14. The highest BCUT2D eigenvalue weighted by Gasteiger charge is 2.14. The van der Waals surface area contributed by atoms with E-state index in [9.17, 15) is 4.79 Å². The van der Waals surface area contributed by atoms with Crippen LogP contribution in [0.15, 0.2) is 18.2 Å². The first-order chi connectivity index (χ1) is 7.04. The Bertz CT molecular complexity index is 552. The number of benzene rings is 1. The van der Waals surface area contributed by atoms with E-state index in [1.54, 1.807) is 4.57 Å². The zero-order chi connectivity index (χ0) is 11.2. The number of hydrogen-bond acceptors (Lipinski definition) is 1. The first kappa shape index (κ1) is 9.77. The van der Waals surface area contributed by atoms with Gasteiger partial charge in [0.2, 0.25) is 0 Å². The molecule has 0 aliphatic carbocycles. The third-order valence-corrected chi connectivity index (χ3v) is 2.97. The maximum Gasteiger partial charge on any atom is 0.323 e. The van der Waals surface area contributed by atoms with Crippen LogP contribution in [-0.4, -0.2) is 10.6 Å². The molecular weight excluding hydrogens is 188 g/mol. The lowest BCUT2D eigenvalue weighted by Crippen LogP contribution is -2.20. The maximum atomic E-state index is 11.3. The molecule has 1 aromatic heterocycles. The van der Waals surface area contributed by atoms with Gasteiger partial charge in [0.25, 0.3) is 0 Å². The largest absolute Gasteiger partial charge is 0.351 e. The Kier molecular flexibility index (Phi) is 2.03. The van der Waals surface area contributed by atoms with Gasteiger partial charge in [-0.25, -0.2) is 4.79 Å². The number of nitrogens with zero attached hydrogens (tertiary/aromatic N) is 1. The summed E-state index contributed by atoms with van der Waals surface area (Å²) in [4.78, 5) is 11.3. The number of amides is 1. The summed E-state index contributed by atoms with van der Waals surface area (Å²) >= 11 is 0. The minimum atomic E-state index is -0.420. The van der Waals surface area contributed by atoms with Crippen LogP contribution in [0.2, 0.25) is 0 Å². The fourth-order valence-corrected chi connectivity index (χ4v) is 2.14. The molecule has 2 aromatic rings. The lowest BCUT2D eigenvalue weighted by Gasteiger charge is -2.01. The van der Waals surface area contributed by atoms with Crippen molar-refractivity contribution < 1.29 is 4.79 Å². The summed E-state index contributed by atoms with van der Waals surface area (Å²) in [5.41, 5.74) is 9.49. The van der Waals surface area contributed by atoms with Gasteiger partial charge >= 0.3 is 6.03 Å². The Morgan fingerprint density at radius 1 is 1.27 bits per heavy atom. The van der Waals surface area contributed by atoms with Crippen LogP contribution in [0.5, 0.6) is 0 Å². The first-order valence-electron chi connectivity index (χ1n) is 4.91. The lowest BCUT2D eigenvalue weighted by molar-refractivity contribution is 0.251. The molecule has 3 nitrogen and oxygen atoms in total. The number of primary amides is 1. The van der Waals surface area contributed by atoms with Crippen LogP contribution in [0.3, 0.4) is 0 Å². The molecule has 1 heterocycles. The van der Waals surface area contributed by atoms with Gasteiger partial charge in [-0.1, -0.05) is 12.1 Å². The van der Waals surface area contributed by atoms with Crippen molar-refractivity contribution in [2.24, 2.45) is 5.73 Å². The number of rotatable bonds is 0. The van der Waals surface area contributed by atoms with Crippen LogP contribution in [-0.2, 0) is 0 Å². The third kappa shape index (κ3) is 1.23. The van der Waals surface area contributed by atoms with E-state index in [0.29, 0.717) is 0 Å². The van der Waals surface area contributed by atoms with E-state index in [-0.39, 0.29) is 0 Å². The zero-order valence-corrected chi connectivity index (χ0v) is 9.16. The predicted octanol–water partition coefficient (Wildman–Crippen LogP) is 2.49. The molecule has 0 saturated carbocycles. The average Bonchev–Trinajstić information content (AvgIpc) is 2.41. The van der Waals surface area contributed by atoms with E-state index in [4.69, 9.17) is 5.73 Å². The lowest BCUT2D eigenvalue weighted by atomic mass is 10.1. The number of hydrogen-bond donors (Lipinski definition) is 1.